The van der Waals surface area contributed by atoms with E-state index in [0.717, 1.165) is 10.0 Å². The van der Waals surface area contributed by atoms with Gasteiger partial charge in [-0.1, -0.05) is 60.1 Å². The topological polar surface area (TPSA) is 46.9 Å². The summed E-state index contributed by atoms with van der Waals surface area (Å²) in [6.45, 7) is 4.85. The third-order valence-electron chi connectivity index (χ3n) is 4.08. The first-order chi connectivity index (χ1) is 12.0. The van der Waals surface area contributed by atoms with Gasteiger partial charge >= 0.3 is 0 Å². The Morgan fingerprint density at radius 1 is 1.12 bits per heavy atom. The summed E-state index contributed by atoms with van der Waals surface area (Å²) in [5, 5.41) is 7.26. The minimum Gasteiger partial charge on any atom is -0.307 e. The third kappa shape index (κ3) is 4.17. The summed E-state index contributed by atoms with van der Waals surface area (Å²) in [4.78, 5) is 12.5. The Morgan fingerprint density at radius 3 is 2.52 bits per heavy atom. The first-order valence-corrected chi connectivity index (χ1v) is 9.00. The van der Waals surface area contributed by atoms with Crippen LogP contribution in [0.4, 0.5) is 5.82 Å². The number of carbonyl (C=O) groups is 1. The van der Waals surface area contributed by atoms with Gasteiger partial charge in [-0.25, -0.2) is 4.68 Å². The average molecular weight is 398 g/mol. The highest BCUT2D eigenvalue weighted by atomic mass is 79.9. The maximum Gasteiger partial charge on any atom is 0.256 e. The summed E-state index contributed by atoms with van der Waals surface area (Å²) >= 11 is 3.54. The van der Waals surface area contributed by atoms with Gasteiger partial charge in [-0.3, -0.25) is 4.79 Å². The van der Waals surface area contributed by atoms with Crippen molar-refractivity contribution in [3.63, 3.8) is 0 Å². The Morgan fingerprint density at radius 2 is 1.84 bits per heavy atom. The lowest BCUT2D eigenvalue weighted by atomic mass is 10.0. The molecule has 2 aromatic carbocycles. The van der Waals surface area contributed by atoms with Crippen LogP contribution in [0.1, 0.15) is 41.3 Å². The molecule has 0 aliphatic carbocycles. The molecular formula is C20H20BrN3O. The number of benzene rings is 2. The van der Waals surface area contributed by atoms with Crippen molar-refractivity contribution in [2.75, 3.05) is 5.32 Å². The zero-order chi connectivity index (χ0) is 17.8. The maximum atomic E-state index is 12.5. The number of carbonyl (C=O) groups excluding carboxylic acids is 1. The summed E-state index contributed by atoms with van der Waals surface area (Å²) in [6, 6.07) is 17.5. The number of anilines is 1. The summed E-state index contributed by atoms with van der Waals surface area (Å²) in [5.41, 5.74) is 2.96. The fourth-order valence-electron chi connectivity index (χ4n) is 2.56. The number of aromatic nitrogens is 2. The molecule has 0 aliphatic rings. The molecule has 1 amide bonds. The normalized spacial score (nSPS) is 10.9. The molecule has 0 saturated heterocycles. The molecule has 0 atom stereocenters. The first kappa shape index (κ1) is 17.4. The first-order valence-electron chi connectivity index (χ1n) is 8.21. The number of amides is 1. The van der Waals surface area contributed by atoms with Crippen LogP contribution in [0.25, 0.3) is 0 Å². The number of hydrogen-bond acceptors (Lipinski definition) is 2. The van der Waals surface area contributed by atoms with Gasteiger partial charge in [0.1, 0.15) is 5.82 Å². The molecule has 128 valence electrons. The second kappa shape index (κ2) is 7.66. The van der Waals surface area contributed by atoms with Crippen molar-refractivity contribution in [3.8, 4) is 0 Å². The van der Waals surface area contributed by atoms with Crippen LogP contribution in [-0.4, -0.2) is 15.7 Å². The lowest BCUT2D eigenvalue weighted by Crippen LogP contribution is -2.16. The van der Waals surface area contributed by atoms with Crippen LogP contribution in [0.2, 0.25) is 0 Å². The van der Waals surface area contributed by atoms with Crippen LogP contribution in [0.3, 0.4) is 0 Å². The molecule has 0 spiro atoms. The summed E-state index contributed by atoms with van der Waals surface area (Å²) < 4.78 is 2.80. The summed E-state index contributed by atoms with van der Waals surface area (Å²) in [6.07, 6.45) is 1.69. The van der Waals surface area contributed by atoms with Crippen molar-refractivity contribution in [1.29, 1.82) is 0 Å². The van der Waals surface area contributed by atoms with E-state index in [4.69, 9.17) is 0 Å². The van der Waals surface area contributed by atoms with E-state index in [1.54, 1.807) is 16.9 Å². The summed E-state index contributed by atoms with van der Waals surface area (Å²) in [5.74, 6) is 0.987. The standard InChI is InChI=1S/C20H20BrN3O/c1-14(2)15-7-9-16(10-8-15)20(25)23-19-11-12-22-24(19)13-17-5-3-4-6-18(17)21/h3-12,14H,13H2,1-2H3,(H,23,25). The Bertz CT molecular complexity index is 869. The lowest BCUT2D eigenvalue weighted by Gasteiger charge is -2.11. The van der Waals surface area contributed by atoms with E-state index in [1.165, 1.54) is 5.56 Å². The number of hydrogen-bond donors (Lipinski definition) is 1. The van der Waals surface area contributed by atoms with Gasteiger partial charge in [0.15, 0.2) is 0 Å². The minimum atomic E-state index is -0.135. The van der Waals surface area contributed by atoms with Crippen molar-refractivity contribution in [3.05, 3.63) is 82.0 Å². The van der Waals surface area contributed by atoms with Gasteiger partial charge in [-0.05, 0) is 35.2 Å². The van der Waals surface area contributed by atoms with Crippen LogP contribution < -0.4 is 5.32 Å². The molecule has 25 heavy (non-hydrogen) atoms. The van der Waals surface area contributed by atoms with Crippen LogP contribution in [0.5, 0.6) is 0 Å². The van der Waals surface area contributed by atoms with E-state index >= 15 is 0 Å². The zero-order valence-corrected chi connectivity index (χ0v) is 15.8. The van der Waals surface area contributed by atoms with Crippen LogP contribution >= 0.6 is 15.9 Å². The monoisotopic (exact) mass is 397 g/mol. The Hall–Kier alpha value is -2.40. The van der Waals surface area contributed by atoms with Crippen molar-refractivity contribution < 1.29 is 4.79 Å². The van der Waals surface area contributed by atoms with Gasteiger partial charge in [0.2, 0.25) is 0 Å². The molecule has 3 rings (SSSR count). The van der Waals surface area contributed by atoms with Crippen molar-refractivity contribution in [1.82, 2.24) is 9.78 Å². The highest BCUT2D eigenvalue weighted by molar-refractivity contribution is 9.10. The number of rotatable bonds is 5. The molecule has 1 N–H and O–H groups in total. The van der Waals surface area contributed by atoms with Crippen LogP contribution in [0.15, 0.2) is 65.3 Å². The second-order valence-corrected chi connectivity index (χ2v) is 7.05. The molecule has 0 bridgehead atoms. The average Bonchev–Trinajstić information content (AvgIpc) is 3.04. The van der Waals surface area contributed by atoms with Gasteiger partial charge < -0.3 is 5.32 Å². The second-order valence-electron chi connectivity index (χ2n) is 6.20. The molecule has 0 radical (unpaired) electrons. The predicted molar refractivity (Wildman–Crippen MR) is 104 cm³/mol. The van der Waals surface area contributed by atoms with Crippen molar-refractivity contribution in [2.24, 2.45) is 0 Å². The lowest BCUT2D eigenvalue weighted by molar-refractivity contribution is 0.102. The molecule has 0 saturated carbocycles. The highest BCUT2D eigenvalue weighted by Crippen LogP contribution is 2.19. The number of nitrogens with zero attached hydrogens (tertiary/aromatic N) is 2. The zero-order valence-electron chi connectivity index (χ0n) is 14.2. The SMILES string of the molecule is CC(C)c1ccc(C(=O)Nc2ccnn2Cc2ccccc2Br)cc1. The Kier molecular flexibility index (Phi) is 5.34. The largest absolute Gasteiger partial charge is 0.307 e. The van der Waals surface area contributed by atoms with Gasteiger partial charge in [0.25, 0.3) is 5.91 Å². The number of nitrogens with one attached hydrogen (secondary N) is 1. The van der Waals surface area contributed by atoms with E-state index in [0.29, 0.717) is 23.8 Å². The van der Waals surface area contributed by atoms with E-state index in [9.17, 15) is 4.79 Å². The van der Waals surface area contributed by atoms with E-state index in [1.807, 2.05) is 48.5 Å². The smallest absolute Gasteiger partial charge is 0.256 e. The van der Waals surface area contributed by atoms with E-state index < -0.39 is 0 Å². The predicted octanol–water partition coefficient (Wildman–Crippen LogP) is 5.07. The van der Waals surface area contributed by atoms with Crippen molar-refractivity contribution in [2.45, 2.75) is 26.3 Å². The third-order valence-corrected chi connectivity index (χ3v) is 4.85. The highest BCUT2D eigenvalue weighted by Gasteiger charge is 2.11. The number of halogens is 1. The quantitative estimate of drug-likeness (QED) is 0.652. The Balaban J connectivity index is 1.74. The fourth-order valence-corrected chi connectivity index (χ4v) is 2.97. The molecule has 1 heterocycles. The van der Waals surface area contributed by atoms with Crippen molar-refractivity contribution >= 4 is 27.7 Å². The van der Waals surface area contributed by atoms with Gasteiger partial charge in [-0.15, -0.1) is 0 Å². The minimum absolute atomic E-state index is 0.135. The molecule has 0 fully saturated rings. The van der Waals surface area contributed by atoms with Gasteiger partial charge in [0, 0.05) is 16.1 Å². The Labute approximate surface area is 156 Å². The molecule has 4 nitrogen and oxygen atoms in total. The molecule has 1 aromatic heterocycles. The molecule has 0 aliphatic heterocycles. The van der Waals surface area contributed by atoms with E-state index in [2.05, 4.69) is 40.2 Å². The fraction of sp³-hybridized carbons (Fsp3) is 0.200. The van der Waals surface area contributed by atoms with Gasteiger partial charge in [-0.2, -0.15) is 5.10 Å². The molecular weight excluding hydrogens is 378 g/mol. The molecule has 3 aromatic rings. The molecule has 5 heteroatoms. The van der Waals surface area contributed by atoms with Gasteiger partial charge in [0.05, 0.1) is 12.7 Å². The maximum absolute atomic E-state index is 12.5. The van der Waals surface area contributed by atoms with Crippen LogP contribution in [-0.2, 0) is 6.54 Å². The summed E-state index contributed by atoms with van der Waals surface area (Å²) in [7, 11) is 0. The van der Waals surface area contributed by atoms with E-state index in [-0.39, 0.29) is 5.91 Å². The van der Waals surface area contributed by atoms with Crippen LogP contribution in [0, 0.1) is 0 Å². The molecule has 0 unspecified atom stereocenters.